The van der Waals surface area contributed by atoms with Gasteiger partial charge in [0.25, 0.3) is 10.0 Å². The summed E-state index contributed by atoms with van der Waals surface area (Å²) in [7, 11) is -4.08. The molecule has 0 bridgehead atoms. The van der Waals surface area contributed by atoms with E-state index in [2.05, 4.69) is 5.32 Å². The van der Waals surface area contributed by atoms with Gasteiger partial charge in [0.1, 0.15) is 12.6 Å². The van der Waals surface area contributed by atoms with Crippen molar-refractivity contribution in [2.75, 3.05) is 10.8 Å². The monoisotopic (exact) mass is 575 g/mol. The first kappa shape index (κ1) is 30.3. The summed E-state index contributed by atoms with van der Waals surface area (Å²) in [6.07, 6.45) is 5.19. The van der Waals surface area contributed by atoms with Crippen molar-refractivity contribution < 1.29 is 18.0 Å². The zero-order valence-electron chi connectivity index (χ0n) is 24.5. The first-order chi connectivity index (χ1) is 19.5. The number of rotatable bonds is 10. The first-order valence-electron chi connectivity index (χ1n) is 14.4. The molecule has 8 heteroatoms. The van der Waals surface area contributed by atoms with Crippen molar-refractivity contribution >= 4 is 27.5 Å². The van der Waals surface area contributed by atoms with Crippen molar-refractivity contribution in [1.29, 1.82) is 0 Å². The number of benzene rings is 3. The van der Waals surface area contributed by atoms with Crippen LogP contribution >= 0.6 is 0 Å². The topological polar surface area (TPSA) is 86.8 Å². The van der Waals surface area contributed by atoms with E-state index in [9.17, 15) is 18.0 Å². The quantitative estimate of drug-likeness (QED) is 0.337. The van der Waals surface area contributed by atoms with Crippen molar-refractivity contribution in [3.05, 3.63) is 95.1 Å². The number of hydrogen-bond donors (Lipinski definition) is 1. The Morgan fingerprint density at radius 2 is 1.46 bits per heavy atom. The number of nitrogens with zero attached hydrogens (tertiary/aromatic N) is 2. The van der Waals surface area contributed by atoms with Gasteiger partial charge in [-0.15, -0.1) is 0 Å². The van der Waals surface area contributed by atoms with E-state index in [4.69, 9.17) is 0 Å². The van der Waals surface area contributed by atoms with Crippen molar-refractivity contribution in [2.24, 2.45) is 0 Å². The fourth-order valence-corrected chi connectivity index (χ4v) is 6.65. The fraction of sp³-hybridized carbons (Fsp3) is 0.394. The second-order valence-electron chi connectivity index (χ2n) is 11.2. The molecule has 3 aromatic carbocycles. The van der Waals surface area contributed by atoms with E-state index in [0.717, 1.165) is 52.2 Å². The molecule has 2 amide bonds. The third kappa shape index (κ3) is 7.76. The van der Waals surface area contributed by atoms with Crippen LogP contribution in [0.4, 0.5) is 5.69 Å². The second kappa shape index (κ2) is 13.3. The van der Waals surface area contributed by atoms with Crippen LogP contribution in [0.1, 0.15) is 61.3 Å². The molecular formula is C33H41N3O4S. The van der Waals surface area contributed by atoms with Gasteiger partial charge in [0.2, 0.25) is 11.8 Å². The van der Waals surface area contributed by atoms with E-state index in [0.29, 0.717) is 5.69 Å². The third-order valence-electron chi connectivity index (χ3n) is 7.76. The van der Waals surface area contributed by atoms with Gasteiger partial charge >= 0.3 is 0 Å². The Hall–Kier alpha value is -3.65. The normalized spacial score (nSPS) is 14.7. The van der Waals surface area contributed by atoms with Crippen LogP contribution in [-0.2, 0) is 26.2 Å². The molecule has 0 radical (unpaired) electrons. The van der Waals surface area contributed by atoms with Crippen molar-refractivity contribution in [2.45, 2.75) is 83.3 Å². The predicted octanol–water partition coefficient (Wildman–Crippen LogP) is 5.67. The lowest BCUT2D eigenvalue weighted by Crippen LogP contribution is -2.53. The van der Waals surface area contributed by atoms with Crippen LogP contribution in [0.5, 0.6) is 0 Å². The van der Waals surface area contributed by atoms with E-state index in [1.807, 2.05) is 57.2 Å². The Morgan fingerprint density at radius 1 is 0.854 bits per heavy atom. The smallest absolute Gasteiger partial charge is 0.264 e. The number of nitrogens with one attached hydrogen (secondary N) is 1. The number of aryl methyl sites for hydroxylation is 3. The van der Waals surface area contributed by atoms with Gasteiger partial charge in [0.15, 0.2) is 0 Å². The molecule has 1 N–H and O–H groups in total. The minimum atomic E-state index is -4.08. The molecule has 0 aromatic heterocycles. The summed E-state index contributed by atoms with van der Waals surface area (Å²) >= 11 is 0. The first-order valence-corrected chi connectivity index (χ1v) is 15.8. The SMILES string of the molecule is Cc1ccc(N(CC(=O)N(Cc2cccc(C)c2)[C@H](C)C(=O)NC2CCCCC2)S(=O)(=O)c2ccc(C)cc2)cc1. The number of anilines is 1. The van der Waals surface area contributed by atoms with E-state index in [1.54, 1.807) is 43.3 Å². The van der Waals surface area contributed by atoms with Crippen LogP contribution in [-0.4, -0.2) is 43.8 Å². The molecule has 0 spiro atoms. The van der Waals surface area contributed by atoms with Gasteiger partial charge in [-0.1, -0.05) is 84.5 Å². The highest BCUT2D eigenvalue weighted by atomic mass is 32.2. The van der Waals surface area contributed by atoms with Crippen LogP contribution in [0.2, 0.25) is 0 Å². The zero-order valence-corrected chi connectivity index (χ0v) is 25.3. The van der Waals surface area contributed by atoms with Crippen LogP contribution in [0, 0.1) is 20.8 Å². The molecule has 41 heavy (non-hydrogen) atoms. The van der Waals surface area contributed by atoms with Gasteiger partial charge in [-0.3, -0.25) is 13.9 Å². The van der Waals surface area contributed by atoms with Crippen LogP contribution in [0.3, 0.4) is 0 Å². The van der Waals surface area contributed by atoms with Gasteiger partial charge in [-0.2, -0.15) is 0 Å². The van der Waals surface area contributed by atoms with E-state index in [1.165, 1.54) is 11.3 Å². The van der Waals surface area contributed by atoms with Gasteiger partial charge in [0, 0.05) is 12.6 Å². The maximum absolute atomic E-state index is 14.1. The molecule has 1 saturated carbocycles. The molecule has 4 rings (SSSR count). The molecule has 0 aliphatic heterocycles. The largest absolute Gasteiger partial charge is 0.352 e. The van der Waals surface area contributed by atoms with E-state index in [-0.39, 0.29) is 23.4 Å². The Morgan fingerprint density at radius 3 is 2.07 bits per heavy atom. The summed E-state index contributed by atoms with van der Waals surface area (Å²) in [5.41, 5.74) is 4.21. The lowest BCUT2D eigenvalue weighted by Gasteiger charge is -2.33. The summed E-state index contributed by atoms with van der Waals surface area (Å²) in [6, 6.07) is 20.7. The molecule has 7 nitrogen and oxygen atoms in total. The van der Waals surface area contributed by atoms with Crippen molar-refractivity contribution in [1.82, 2.24) is 10.2 Å². The lowest BCUT2D eigenvalue weighted by molar-refractivity contribution is -0.139. The summed E-state index contributed by atoms with van der Waals surface area (Å²) in [4.78, 5) is 29.1. The van der Waals surface area contributed by atoms with Gasteiger partial charge < -0.3 is 10.2 Å². The average molecular weight is 576 g/mol. The molecule has 0 saturated heterocycles. The van der Waals surface area contributed by atoms with Crippen LogP contribution < -0.4 is 9.62 Å². The van der Waals surface area contributed by atoms with E-state index < -0.39 is 28.5 Å². The minimum Gasteiger partial charge on any atom is -0.352 e. The Bertz CT molecular complexity index is 1450. The van der Waals surface area contributed by atoms with E-state index >= 15 is 0 Å². The Balaban J connectivity index is 1.67. The molecule has 1 fully saturated rings. The molecule has 1 aliphatic carbocycles. The summed E-state index contributed by atoms with van der Waals surface area (Å²) < 4.78 is 29.0. The second-order valence-corrected chi connectivity index (χ2v) is 13.1. The molecular weight excluding hydrogens is 534 g/mol. The van der Waals surface area contributed by atoms with Gasteiger partial charge in [-0.05, 0) is 70.4 Å². The van der Waals surface area contributed by atoms with Crippen molar-refractivity contribution in [3.8, 4) is 0 Å². The maximum atomic E-state index is 14.1. The number of carbonyl (C=O) groups excluding carboxylic acids is 2. The van der Waals surface area contributed by atoms with Gasteiger partial charge in [0.05, 0.1) is 10.6 Å². The highest BCUT2D eigenvalue weighted by Gasteiger charge is 2.33. The average Bonchev–Trinajstić information content (AvgIpc) is 2.95. The third-order valence-corrected chi connectivity index (χ3v) is 9.55. The van der Waals surface area contributed by atoms with Gasteiger partial charge in [-0.25, -0.2) is 8.42 Å². The number of carbonyl (C=O) groups is 2. The molecule has 1 aliphatic rings. The molecule has 1 atom stereocenters. The zero-order chi connectivity index (χ0) is 29.6. The minimum absolute atomic E-state index is 0.0978. The fourth-order valence-electron chi connectivity index (χ4n) is 5.24. The highest BCUT2D eigenvalue weighted by molar-refractivity contribution is 7.92. The molecule has 0 unspecified atom stereocenters. The standard InChI is InChI=1S/C33H41N3O4S/c1-24-13-17-30(18-14-24)36(41(39,40)31-19-15-25(2)16-20-31)23-32(37)35(22-28-10-8-9-26(3)21-28)27(4)33(38)34-29-11-6-5-7-12-29/h8-10,13-21,27,29H,5-7,11-12,22-23H2,1-4H3,(H,34,38)/t27-/m1/s1. The maximum Gasteiger partial charge on any atom is 0.264 e. The Kier molecular flexibility index (Phi) is 9.86. The van der Waals surface area contributed by atoms with Crippen LogP contribution in [0.15, 0.2) is 77.7 Å². The summed E-state index contributed by atoms with van der Waals surface area (Å²) in [5, 5.41) is 3.14. The number of amides is 2. The number of sulfonamides is 1. The highest BCUT2D eigenvalue weighted by Crippen LogP contribution is 2.26. The van der Waals surface area contributed by atoms with Crippen LogP contribution in [0.25, 0.3) is 0 Å². The molecule has 0 heterocycles. The predicted molar refractivity (Wildman–Crippen MR) is 163 cm³/mol. The summed E-state index contributed by atoms with van der Waals surface area (Å²) in [6.45, 7) is 7.25. The molecule has 218 valence electrons. The molecule has 3 aromatic rings. The Labute approximate surface area is 244 Å². The van der Waals surface area contributed by atoms with Crippen molar-refractivity contribution in [3.63, 3.8) is 0 Å². The summed E-state index contributed by atoms with van der Waals surface area (Å²) in [5.74, 6) is -0.671. The lowest BCUT2D eigenvalue weighted by atomic mass is 9.95. The number of hydrogen-bond acceptors (Lipinski definition) is 4.